The molecule has 0 unspecified atom stereocenters. The lowest BCUT2D eigenvalue weighted by Crippen LogP contribution is -2.23. The topological polar surface area (TPSA) is 72.6 Å². The van der Waals surface area contributed by atoms with Gasteiger partial charge in [-0.2, -0.15) is 0 Å². The van der Waals surface area contributed by atoms with Crippen LogP contribution in [0, 0.1) is 0 Å². The van der Waals surface area contributed by atoms with Gasteiger partial charge in [0.25, 0.3) is 0 Å². The van der Waals surface area contributed by atoms with Gasteiger partial charge in [-0.25, -0.2) is 13.6 Å². The normalized spacial score (nSPS) is 10.7. The molecule has 104 valence electrons. The van der Waals surface area contributed by atoms with Crippen LogP contribution in [0.2, 0.25) is 0 Å². The number of nitrogens with zero attached hydrogens (tertiary/aromatic N) is 1. The molecule has 1 aromatic carbocycles. The molecule has 1 aromatic rings. The number of halogens is 1. The minimum atomic E-state index is -3.68. The molecule has 0 aliphatic heterocycles. The number of anilines is 1. The number of hydrogen-bond acceptors (Lipinski definition) is 4. The Morgan fingerprint density at radius 3 is 2.22 bits per heavy atom. The van der Waals surface area contributed by atoms with Gasteiger partial charge in [0.1, 0.15) is 5.75 Å². The zero-order valence-corrected chi connectivity index (χ0v) is 12.3. The van der Waals surface area contributed by atoms with Gasteiger partial charge >= 0.3 is 0 Å². The van der Waals surface area contributed by atoms with Gasteiger partial charge in [-0.1, -0.05) is 0 Å². The van der Waals surface area contributed by atoms with Crippen LogP contribution in [-0.4, -0.2) is 28.6 Å². The van der Waals surface area contributed by atoms with Crippen LogP contribution >= 0.6 is 12.4 Å². The van der Waals surface area contributed by atoms with E-state index in [1.165, 1.54) is 6.07 Å². The molecule has 7 heteroatoms. The van der Waals surface area contributed by atoms with Gasteiger partial charge in [0.05, 0.1) is 17.7 Å². The number of hydrogen-bond donors (Lipinski definition) is 1. The monoisotopic (exact) mass is 294 g/mol. The number of nitrogens with two attached hydrogens (primary N) is 1. The van der Waals surface area contributed by atoms with Gasteiger partial charge in [-0.15, -0.1) is 12.4 Å². The third-order valence-corrected chi connectivity index (χ3v) is 3.49. The van der Waals surface area contributed by atoms with E-state index in [-0.39, 0.29) is 17.3 Å². The summed E-state index contributed by atoms with van der Waals surface area (Å²) in [6.45, 7) is 5.51. The van der Waals surface area contributed by atoms with Crippen molar-refractivity contribution < 1.29 is 13.2 Å². The Hall–Kier alpha value is -0.980. The predicted octanol–water partition coefficient (Wildman–Crippen LogP) is 1.61. The first-order valence-corrected chi connectivity index (χ1v) is 6.94. The quantitative estimate of drug-likeness (QED) is 0.895. The summed E-state index contributed by atoms with van der Waals surface area (Å²) in [4.78, 5) is 2.10. The molecule has 0 radical (unpaired) electrons. The fourth-order valence-corrected chi connectivity index (χ4v) is 2.19. The van der Waals surface area contributed by atoms with Crippen molar-refractivity contribution in [2.75, 3.05) is 25.1 Å². The van der Waals surface area contributed by atoms with E-state index in [9.17, 15) is 8.42 Å². The Morgan fingerprint density at radius 1 is 1.28 bits per heavy atom. The van der Waals surface area contributed by atoms with Crippen LogP contribution in [0.25, 0.3) is 0 Å². The van der Waals surface area contributed by atoms with Gasteiger partial charge in [-0.05, 0) is 32.0 Å². The molecule has 0 aliphatic rings. The smallest absolute Gasteiger partial charge is 0.238 e. The minimum absolute atomic E-state index is 0. The van der Waals surface area contributed by atoms with Crippen molar-refractivity contribution in [1.29, 1.82) is 0 Å². The molecule has 0 saturated heterocycles. The number of primary sulfonamides is 1. The lowest BCUT2D eigenvalue weighted by molar-refractivity contribution is 0.414. The summed E-state index contributed by atoms with van der Waals surface area (Å²) in [5.74, 6) is 0.640. The van der Waals surface area contributed by atoms with Crippen LogP contribution in [-0.2, 0) is 10.0 Å². The standard InChI is InChI=1S/C11H18N2O3S.ClH/c1-4-13(5-2)10-8-9(17(12,14)15)6-7-11(10)16-3;/h6-8H,4-5H2,1-3H3,(H2,12,14,15);1H. The molecule has 0 amide bonds. The Labute approximate surface area is 114 Å². The zero-order chi connectivity index (χ0) is 13.1. The molecule has 18 heavy (non-hydrogen) atoms. The summed E-state index contributed by atoms with van der Waals surface area (Å²) < 4.78 is 27.8. The third-order valence-electron chi connectivity index (χ3n) is 2.58. The van der Waals surface area contributed by atoms with Crippen molar-refractivity contribution in [2.45, 2.75) is 18.7 Å². The zero-order valence-electron chi connectivity index (χ0n) is 10.7. The molecule has 0 bridgehead atoms. The first kappa shape index (κ1) is 17.0. The lowest BCUT2D eigenvalue weighted by atomic mass is 10.2. The van der Waals surface area contributed by atoms with Gasteiger partial charge in [-0.3, -0.25) is 0 Å². The summed E-state index contributed by atoms with van der Waals surface area (Å²) in [5, 5.41) is 5.11. The van der Waals surface area contributed by atoms with Gasteiger partial charge in [0.15, 0.2) is 0 Å². The average molecular weight is 295 g/mol. The Bertz CT molecular complexity index is 487. The molecule has 1 rings (SSSR count). The predicted molar refractivity (Wildman–Crippen MR) is 75.2 cm³/mol. The molecule has 0 heterocycles. The van der Waals surface area contributed by atoms with E-state index in [1.54, 1.807) is 19.2 Å². The summed E-state index contributed by atoms with van der Waals surface area (Å²) in [6.07, 6.45) is 0. The second-order valence-electron chi connectivity index (χ2n) is 3.55. The second kappa shape index (κ2) is 6.82. The van der Waals surface area contributed by atoms with E-state index >= 15 is 0 Å². The first-order valence-electron chi connectivity index (χ1n) is 5.39. The van der Waals surface area contributed by atoms with E-state index in [1.807, 2.05) is 18.7 Å². The highest BCUT2D eigenvalue weighted by Gasteiger charge is 2.14. The molecule has 0 fully saturated rings. The third kappa shape index (κ3) is 3.76. The van der Waals surface area contributed by atoms with E-state index in [0.29, 0.717) is 5.75 Å². The maximum atomic E-state index is 11.3. The lowest BCUT2D eigenvalue weighted by Gasteiger charge is -2.23. The van der Waals surface area contributed by atoms with E-state index < -0.39 is 10.0 Å². The van der Waals surface area contributed by atoms with Crippen LogP contribution in [0.4, 0.5) is 5.69 Å². The maximum Gasteiger partial charge on any atom is 0.238 e. The molecule has 2 N–H and O–H groups in total. The summed E-state index contributed by atoms with van der Waals surface area (Å²) in [5.41, 5.74) is 0.740. The summed E-state index contributed by atoms with van der Waals surface area (Å²) in [6, 6.07) is 4.61. The van der Waals surface area contributed by atoms with Crippen LogP contribution in [0.3, 0.4) is 0 Å². The van der Waals surface area contributed by atoms with E-state index in [0.717, 1.165) is 18.8 Å². The Morgan fingerprint density at radius 2 is 1.83 bits per heavy atom. The molecule has 5 nitrogen and oxygen atoms in total. The molecule has 0 saturated carbocycles. The molecule has 0 spiro atoms. The highest BCUT2D eigenvalue weighted by Crippen LogP contribution is 2.30. The largest absolute Gasteiger partial charge is 0.495 e. The highest BCUT2D eigenvalue weighted by molar-refractivity contribution is 7.89. The van der Waals surface area contributed by atoms with Crippen molar-refractivity contribution in [3.05, 3.63) is 18.2 Å². The van der Waals surface area contributed by atoms with Crippen LogP contribution in [0.15, 0.2) is 23.1 Å². The molecule has 0 aromatic heterocycles. The van der Waals surface area contributed by atoms with E-state index in [4.69, 9.17) is 9.88 Å². The molecule has 0 aliphatic carbocycles. The Balaban J connectivity index is 0.00000289. The van der Waals surface area contributed by atoms with Gasteiger partial charge in [0.2, 0.25) is 10.0 Å². The van der Waals surface area contributed by atoms with Crippen LogP contribution < -0.4 is 14.8 Å². The minimum Gasteiger partial charge on any atom is -0.495 e. The van der Waals surface area contributed by atoms with Crippen LogP contribution in [0.5, 0.6) is 5.75 Å². The number of ether oxygens (including phenoxy) is 1. The first-order chi connectivity index (χ1) is 7.93. The van der Waals surface area contributed by atoms with Crippen molar-refractivity contribution in [2.24, 2.45) is 5.14 Å². The fraction of sp³-hybridized carbons (Fsp3) is 0.455. The van der Waals surface area contributed by atoms with Crippen molar-refractivity contribution in [3.63, 3.8) is 0 Å². The fourth-order valence-electron chi connectivity index (χ4n) is 1.66. The maximum absolute atomic E-state index is 11.3. The summed E-state index contributed by atoms with van der Waals surface area (Å²) >= 11 is 0. The van der Waals surface area contributed by atoms with Crippen molar-refractivity contribution in [3.8, 4) is 5.75 Å². The SMILES string of the molecule is CCN(CC)c1cc(S(N)(=O)=O)ccc1OC.Cl. The average Bonchev–Trinajstić information content (AvgIpc) is 2.29. The summed E-state index contributed by atoms with van der Waals surface area (Å²) in [7, 11) is -2.13. The molecular weight excluding hydrogens is 276 g/mol. The molecule has 0 atom stereocenters. The van der Waals surface area contributed by atoms with Crippen molar-refractivity contribution in [1.82, 2.24) is 0 Å². The van der Waals surface area contributed by atoms with Gasteiger partial charge < -0.3 is 9.64 Å². The van der Waals surface area contributed by atoms with Gasteiger partial charge in [0, 0.05) is 13.1 Å². The highest BCUT2D eigenvalue weighted by atomic mass is 35.5. The number of sulfonamides is 1. The molecular formula is C11H19ClN2O3S. The number of benzene rings is 1. The Kier molecular flexibility index (Phi) is 6.45. The number of methoxy groups -OCH3 is 1. The number of rotatable bonds is 5. The second-order valence-corrected chi connectivity index (χ2v) is 5.11. The van der Waals surface area contributed by atoms with Crippen LogP contribution in [0.1, 0.15) is 13.8 Å². The van der Waals surface area contributed by atoms with Crippen molar-refractivity contribution >= 4 is 28.1 Å². The van der Waals surface area contributed by atoms with E-state index in [2.05, 4.69) is 0 Å².